The minimum absolute atomic E-state index is 0.0547. The van der Waals surface area contributed by atoms with E-state index in [4.69, 9.17) is 14.2 Å². The van der Waals surface area contributed by atoms with Gasteiger partial charge < -0.3 is 19.1 Å². The number of carbonyl (C=O) groups is 3. The lowest BCUT2D eigenvalue weighted by Gasteiger charge is -2.46. The normalized spacial score (nSPS) is 15.3. The van der Waals surface area contributed by atoms with Crippen molar-refractivity contribution in [2.75, 3.05) is 19.8 Å². The van der Waals surface area contributed by atoms with E-state index in [0.29, 0.717) is 24.5 Å². The molecule has 5 rings (SSSR count). The molecule has 0 atom stereocenters. The number of carbonyl (C=O) groups excluding carboxylic acids is 3. The highest BCUT2D eigenvalue weighted by atomic mass is 16.5. The monoisotopic (exact) mass is 532 g/mol. The van der Waals surface area contributed by atoms with E-state index >= 15 is 0 Å². The van der Waals surface area contributed by atoms with Crippen molar-refractivity contribution in [3.05, 3.63) is 83.2 Å². The van der Waals surface area contributed by atoms with Crippen LogP contribution >= 0.6 is 0 Å². The zero-order valence-corrected chi connectivity index (χ0v) is 22.5. The Morgan fingerprint density at radius 3 is 1.59 bits per heavy atom. The summed E-state index contributed by atoms with van der Waals surface area (Å²) >= 11 is 0. The van der Waals surface area contributed by atoms with Crippen molar-refractivity contribution in [1.29, 1.82) is 0 Å². The molecule has 0 fully saturated rings. The molecule has 2 bridgehead atoms. The molecule has 3 aliphatic heterocycles. The lowest BCUT2D eigenvalue weighted by atomic mass is 9.95. The van der Waals surface area contributed by atoms with E-state index in [1.54, 1.807) is 27.7 Å². The number of esters is 3. The number of ether oxygens (including phenoxy) is 3. The molecule has 204 valence electrons. The predicted molar refractivity (Wildman–Crippen MR) is 144 cm³/mol. The summed E-state index contributed by atoms with van der Waals surface area (Å²) in [6.45, 7) is 7.67. The second-order valence-corrected chi connectivity index (χ2v) is 8.82. The summed E-state index contributed by atoms with van der Waals surface area (Å²) in [6.07, 6.45) is 0. The number of hydrogen-bond acceptors (Lipinski definition) is 10. The highest BCUT2D eigenvalue weighted by Crippen LogP contribution is 2.41. The number of rotatable bonds is 11. The van der Waals surface area contributed by atoms with Crippen LogP contribution in [0.1, 0.15) is 38.8 Å². The van der Waals surface area contributed by atoms with Crippen LogP contribution in [-0.4, -0.2) is 64.9 Å². The molecule has 39 heavy (non-hydrogen) atoms. The van der Waals surface area contributed by atoms with E-state index in [1.807, 2.05) is 65.6 Å². The van der Waals surface area contributed by atoms with Crippen molar-refractivity contribution in [2.24, 2.45) is 9.98 Å². The van der Waals surface area contributed by atoms with Crippen molar-refractivity contribution in [3.63, 3.8) is 0 Å². The first-order valence-electron chi connectivity index (χ1n) is 12.9. The first-order valence-corrected chi connectivity index (χ1v) is 12.9. The third-order valence-electron chi connectivity index (χ3n) is 6.24. The van der Waals surface area contributed by atoms with E-state index in [2.05, 4.69) is 9.98 Å². The Balaban J connectivity index is 1.94. The van der Waals surface area contributed by atoms with Gasteiger partial charge in [-0.15, -0.1) is 0 Å². The van der Waals surface area contributed by atoms with Gasteiger partial charge in [0.05, 0.1) is 19.8 Å². The summed E-state index contributed by atoms with van der Waals surface area (Å²) in [5.74, 6) is -2.47. The highest BCUT2D eigenvalue weighted by molar-refractivity contribution is 6.48. The molecule has 0 N–H and O–H groups in total. The summed E-state index contributed by atoms with van der Waals surface area (Å²) in [5.41, 5.74) is 0.376. The SMILES string of the molecule is CCOC(=O)C1=NC2(C(=O)OCC)N=C(C(=O)OCC)N1C(N(Cc1ccccc1)Cc1ccccc1)=C2C. The van der Waals surface area contributed by atoms with Gasteiger partial charge in [-0.2, -0.15) is 0 Å². The van der Waals surface area contributed by atoms with Crippen molar-refractivity contribution >= 4 is 29.6 Å². The number of hydrogen-bond donors (Lipinski definition) is 0. The van der Waals surface area contributed by atoms with Crippen LogP contribution in [0.25, 0.3) is 0 Å². The molecule has 3 heterocycles. The molecule has 0 saturated heterocycles. The van der Waals surface area contributed by atoms with Gasteiger partial charge in [0, 0.05) is 18.7 Å². The Labute approximate surface area is 227 Å². The van der Waals surface area contributed by atoms with E-state index in [0.717, 1.165) is 11.1 Å². The second kappa shape index (κ2) is 11.9. The topological polar surface area (TPSA) is 110 Å². The fourth-order valence-electron chi connectivity index (χ4n) is 4.56. The van der Waals surface area contributed by atoms with Crippen LogP contribution in [0.3, 0.4) is 0 Å². The van der Waals surface area contributed by atoms with Gasteiger partial charge >= 0.3 is 17.9 Å². The zero-order valence-electron chi connectivity index (χ0n) is 22.5. The summed E-state index contributed by atoms with van der Waals surface area (Å²) in [7, 11) is 0. The maximum atomic E-state index is 13.5. The van der Waals surface area contributed by atoms with Crippen LogP contribution in [0.5, 0.6) is 0 Å². The highest BCUT2D eigenvalue weighted by Gasteiger charge is 2.57. The Hall–Kier alpha value is -4.47. The third kappa shape index (κ3) is 5.41. The molecule has 0 amide bonds. The first kappa shape index (κ1) is 27.6. The molecule has 2 aromatic carbocycles. The van der Waals surface area contributed by atoms with Gasteiger partial charge in [0.25, 0.3) is 5.66 Å². The van der Waals surface area contributed by atoms with E-state index in [1.165, 1.54) is 4.90 Å². The van der Waals surface area contributed by atoms with Crippen LogP contribution < -0.4 is 0 Å². The van der Waals surface area contributed by atoms with Crippen LogP contribution in [0, 0.1) is 0 Å². The van der Waals surface area contributed by atoms with E-state index in [9.17, 15) is 14.4 Å². The number of aliphatic imine (C=N–C) groups is 2. The first-order chi connectivity index (χ1) is 18.9. The average Bonchev–Trinajstić information content (AvgIpc) is 2.94. The lowest BCUT2D eigenvalue weighted by molar-refractivity contribution is -0.148. The summed E-state index contributed by atoms with van der Waals surface area (Å²) < 4.78 is 16.0. The summed E-state index contributed by atoms with van der Waals surface area (Å²) in [6, 6.07) is 19.5. The Bertz CT molecular complexity index is 1240. The van der Waals surface area contributed by atoms with Crippen molar-refractivity contribution in [3.8, 4) is 0 Å². The smallest absolute Gasteiger partial charge is 0.374 e. The minimum atomic E-state index is -1.99. The molecule has 0 radical (unpaired) electrons. The molecule has 10 nitrogen and oxygen atoms in total. The predicted octanol–water partition coefficient (Wildman–Crippen LogP) is 3.43. The lowest BCUT2D eigenvalue weighted by Crippen LogP contribution is -2.61. The van der Waals surface area contributed by atoms with Crippen molar-refractivity contribution in [1.82, 2.24) is 9.80 Å². The molecule has 0 saturated carbocycles. The van der Waals surface area contributed by atoms with Gasteiger partial charge in [-0.3, -0.25) is 4.90 Å². The van der Waals surface area contributed by atoms with Crippen LogP contribution in [-0.2, 0) is 41.7 Å². The number of benzene rings is 2. The fourth-order valence-corrected chi connectivity index (χ4v) is 4.56. The zero-order chi connectivity index (χ0) is 28.0. The largest absolute Gasteiger partial charge is 0.462 e. The Morgan fingerprint density at radius 2 is 1.18 bits per heavy atom. The summed E-state index contributed by atoms with van der Waals surface area (Å²) in [4.78, 5) is 52.2. The van der Waals surface area contributed by atoms with Gasteiger partial charge in [-0.1, -0.05) is 60.7 Å². The Morgan fingerprint density at radius 1 is 0.744 bits per heavy atom. The Kier molecular flexibility index (Phi) is 8.43. The quantitative estimate of drug-likeness (QED) is 0.320. The second-order valence-electron chi connectivity index (χ2n) is 8.82. The van der Waals surface area contributed by atoms with E-state index in [-0.39, 0.29) is 31.5 Å². The van der Waals surface area contributed by atoms with Crippen molar-refractivity contribution in [2.45, 2.75) is 46.4 Å². The molecular weight excluding hydrogens is 500 g/mol. The molecule has 0 spiro atoms. The molecular formula is C29H32N4O6. The third-order valence-corrected chi connectivity index (χ3v) is 6.24. The molecule has 0 aromatic heterocycles. The van der Waals surface area contributed by atoms with E-state index < -0.39 is 23.6 Å². The van der Waals surface area contributed by atoms with Gasteiger partial charge in [-0.25, -0.2) is 24.4 Å². The number of amidine groups is 2. The summed E-state index contributed by atoms with van der Waals surface area (Å²) in [5, 5.41) is 0. The minimum Gasteiger partial charge on any atom is -0.462 e. The molecule has 2 aromatic rings. The van der Waals surface area contributed by atoms with Crippen LogP contribution in [0.2, 0.25) is 0 Å². The fraction of sp³-hybridized carbons (Fsp3) is 0.345. The maximum Gasteiger partial charge on any atom is 0.374 e. The van der Waals surface area contributed by atoms with Crippen LogP contribution in [0.4, 0.5) is 0 Å². The average molecular weight is 533 g/mol. The van der Waals surface area contributed by atoms with Crippen LogP contribution in [0.15, 0.2) is 82.0 Å². The standard InChI is InChI=1S/C29H32N4O6/c1-5-37-26(34)23-30-29(28(36)39-7-3)20(4)25(33(23)24(31-29)27(35)38-6-2)32(18-21-14-10-8-11-15-21)19-22-16-12-9-13-17-22/h8-17H,5-7,18-19H2,1-4H3. The van der Waals surface area contributed by atoms with Gasteiger partial charge in [0.15, 0.2) is 0 Å². The molecule has 0 unspecified atom stereocenters. The molecule has 10 heteroatoms. The molecule has 3 aliphatic rings. The number of nitrogens with zero attached hydrogens (tertiary/aromatic N) is 4. The van der Waals surface area contributed by atoms with Gasteiger partial charge in [-0.05, 0) is 38.8 Å². The maximum absolute atomic E-state index is 13.5. The van der Waals surface area contributed by atoms with Crippen molar-refractivity contribution < 1.29 is 28.6 Å². The van der Waals surface area contributed by atoms with Gasteiger partial charge in [0.1, 0.15) is 5.82 Å². The molecule has 0 aliphatic carbocycles. The van der Waals surface area contributed by atoms with Gasteiger partial charge in [0.2, 0.25) is 11.7 Å².